The Morgan fingerprint density at radius 2 is 1.78 bits per heavy atom. The first-order valence-electron chi connectivity index (χ1n) is 11.9. The van der Waals surface area contributed by atoms with Gasteiger partial charge in [0, 0.05) is 36.7 Å². The first-order valence-corrected chi connectivity index (χ1v) is 12.7. The van der Waals surface area contributed by atoms with Crippen LogP contribution >= 0.6 is 11.9 Å². The Kier molecular flexibility index (Phi) is 8.45. The average Bonchev–Trinajstić information content (AvgIpc) is 3.21. The predicted molar refractivity (Wildman–Crippen MR) is 146 cm³/mol. The van der Waals surface area contributed by atoms with Crippen LogP contribution in [0.25, 0.3) is 11.1 Å². The second-order valence-electron chi connectivity index (χ2n) is 8.33. The molecule has 188 valence electrons. The smallest absolute Gasteiger partial charge is 0.182 e. The molecule has 4 rings (SSSR count). The van der Waals surface area contributed by atoms with Crippen LogP contribution in [0.5, 0.6) is 0 Å². The van der Waals surface area contributed by atoms with E-state index in [0.29, 0.717) is 19.8 Å². The zero-order valence-electron chi connectivity index (χ0n) is 21.3. The highest BCUT2D eigenvalue weighted by molar-refractivity contribution is 8.00. The standard InChI is InChI=1S/C27H32N6O2S/c1-6-34-16-21-13-20(15-29-26-14-25(28-5)30-19(4)31-26)11-12-22(21)23-9-7-8-10-24(23)36-33-27-17(2)18(3)35-32-27/h7-14H,6,15-16H2,1-5H3,(H,32,33)(H2,28,29,30,31). The van der Waals surface area contributed by atoms with Gasteiger partial charge in [-0.2, -0.15) is 0 Å². The lowest BCUT2D eigenvalue weighted by molar-refractivity contribution is 0.134. The number of ether oxygens (including phenoxy) is 1. The fourth-order valence-electron chi connectivity index (χ4n) is 3.72. The minimum Gasteiger partial charge on any atom is -0.377 e. The van der Waals surface area contributed by atoms with Gasteiger partial charge in [0.25, 0.3) is 0 Å². The molecule has 0 saturated heterocycles. The molecule has 0 radical (unpaired) electrons. The van der Waals surface area contributed by atoms with E-state index in [0.717, 1.165) is 61.8 Å². The van der Waals surface area contributed by atoms with E-state index in [-0.39, 0.29) is 0 Å². The van der Waals surface area contributed by atoms with Crippen LogP contribution in [0.2, 0.25) is 0 Å². The van der Waals surface area contributed by atoms with Crippen molar-refractivity contribution in [1.82, 2.24) is 15.1 Å². The summed E-state index contributed by atoms with van der Waals surface area (Å²) in [7, 11) is 1.85. The first kappa shape index (κ1) is 25.5. The molecule has 0 bridgehead atoms. The van der Waals surface area contributed by atoms with Crippen LogP contribution in [0.15, 0.2) is 57.9 Å². The molecule has 0 unspecified atom stereocenters. The van der Waals surface area contributed by atoms with E-state index in [1.807, 2.05) is 46.9 Å². The Balaban J connectivity index is 1.58. The van der Waals surface area contributed by atoms with Gasteiger partial charge < -0.3 is 24.6 Å². The maximum atomic E-state index is 5.84. The minimum atomic E-state index is 0.532. The summed E-state index contributed by atoms with van der Waals surface area (Å²) >= 11 is 1.53. The highest BCUT2D eigenvalue weighted by Crippen LogP contribution is 2.35. The SMILES string of the molecule is CCOCc1cc(CNc2cc(NC)nc(C)n2)ccc1-c1ccccc1SNc1noc(C)c1C. The number of hydrogen-bond donors (Lipinski definition) is 3. The monoisotopic (exact) mass is 504 g/mol. The third kappa shape index (κ3) is 6.16. The third-order valence-electron chi connectivity index (χ3n) is 5.79. The van der Waals surface area contributed by atoms with Crippen molar-refractivity contribution < 1.29 is 9.26 Å². The lowest BCUT2D eigenvalue weighted by Crippen LogP contribution is -2.06. The summed E-state index contributed by atoms with van der Waals surface area (Å²) in [6.45, 7) is 9.63. The van der Waals surface area contributed by atoms with Crippen LogP contribution in [-0.4, -0.2) is 28.8 Å². The second-order valence-corrected chi connectivity index (χ2v) is 9.18. The number of nitrogens with one attached hydrogen (secondary N) is 3. The highest BCUT2D eigenvalue weighted by Gasteiger charge is 2.14. The summed E-state index contributed by atoms with van der Waals surface area (Å²) in [6.07, 6.45) is 0. The molecule has 0 atom stereocenters. The molecule has 0 fully saturated rings. The van der Waals surface area contributed by atoms with E-state index < -0.39 is 0 Å². The topological polar surface area (TPSA) is 97.1 Å². The predicted octanol–water partition coefficient (Wildman–Crippen LogP) is 6.37. The zero-order valence-corrected chi connectivity index (χ0v) is 22.1. The molecule has 3 N–H and O–H groups in total. The summed E-state index contributed by atoms with van der Waals surface area (Å²) in [5.74, 6) is 3.85. The molecule has 2 aromatic heterocycles. The summed E-state index contributed by atoms with van der Waals surface area (Å²) in [5.41, 5.74) is 5.56. The molecule has 0 saturated carbocycles. The van der Waals surface area contributed by atoms with Gasteiger partial charge in [0.15, 0.2) is 5.82 Å². The molecule has 0 aliphatic rings. The second kappa shape index (κ2) is 11.9. The lowest BCUT2D eigenvalue weighted by Gasteiger charge is -2.16. The molecule has 0 aliphatic heterocycles. The number of nitrogens with zero attached hydrogens (tertiary/aromatic N) is 3. The number of benzene rings is 2. The van der Waals surface area contributed by atoms with E-state index in [4.69, 9.17) is 9.26 Å². The molecule has 2 heterocycles. The van der Waals surface area contributed by atoms with Crippen molar-refractivity contribution in [2.45, 2.75) is 45.7 Å². The summed E-state index contributed by atoms with van der Waals surface area (Å²) < 4.78 is 14.5. The normalized spacial score (nSPS) is 10.9. The highest BCUT2D eigenvalue weighted by atomic mass is 32.2. The zero-order chi connectivity index (χ0) is 25.5. The summed E-state index contributed by atoms with van der Waals surface area (Å²) in [5, 5.41) is 10.6. The summed E-state index contributed by atoms with van der Waals surface area (Å²) in [4.78, 5) is 9.94. The van der Waals surface area contributed by atoms with Crippen LogP contribution in [0.4, 0.5) is 17.5 Å². The molecule has 2 aromatic carbocycles. The minimum absolute atomic E-state index is 0.532. The number of aromatic nitrogens is 3. The van der Waals surface area contributed by atoms with Gasteiger partial charge in [-0.1, -0.05) is 41.6 Å². The largest absolute Gasteiger partial charge is 0.377 e. The van der Waals surface area contributed by atoms with Crippen LogP contribution in [0.1, 0.15) is 35.2 Å². The van der Waals surface area contributed by atoms with Crippen molar-refractivity contribution in [2.75, 3.05) is 29.0 Å². The van der Waals surface area contributed by atoms with Crippen molar-refractivity contribution in [3.63, 3.8) is 0 Å². The number of rotatable bonds is 11. The third-order valence-corrected chi connectivity index (χ3v) is 6.66. The van der Waals surface area contributed by atoms with Crippen molar-refractivity contribution >= 4 is 29.4 Å². The summed E-state index contributed by atoms with van der Waals surface area (Å²) in [6, 6.07) is 16.7. The molecule has 0 spiro atoms. The van der Waals surface area contributed by atoms with Crippen molar-refractivity contribution in [2.24, 2.45) is 0 Å². The maximum absolute atomic E-state index is 5.84. The Hall–Kier alpha value is -3.56. The van der Waals surface area contributed by atoms with Gasteiger partial charge >= 0.3 is 0 Å². The first-order chi connectivity index (χ1) is 17.5. The van der Waals surface area contributed by atoms with Gasteiger partial charge in [-0.05, 0) is 68.0 Å². The van der Waals surface area contributed by atoms with Gasteiger partial charge in [-0.15, -0.1) is 0 Å². The number of hydrogen-bond acceptors (Lipinski definition) is 9. The molecule has 0 amide bonds. The quantitative estimate of drug-likeness (QED) is 0.201. The fraction of sp³-hybridized carbons (Fsp3) is 0.296. The maximum Gasteiger partial charge on any atom is 0.182 e. The van der Waals surface area contributed by atoms with Gasteiger partial charge in [0.1, 0.15) is 23.2 Å². The Morgan fingerprint density at radius 3 is 2.53 bits per heavy atom. The van der Waals surface area contributed by atoms with Crippen LogP contribution < -0.4 is 15.4 Å². The molecule has 8 nitrogen and oxygen atoms in total. The van der Waals surface area contributed by atoms with E-state index in [1.165, 1.54) is 11.9 Å². The van der Waals surface area contributed by atoms with E-state index >= 15 is 0 Å². The van der Waals surface area contributed by atoms with E-state index in [1.54, 1.807) is 0 Å². The lowest BCUT2D eigenvalue weighted by atomic mass is 9.97. The van der Waals surface area contributed by atoms with Gasteiger partial charge in [-0.25, -0.2) is 9.97 Å². The van der Waals surface area contributed by atoms with E-state index in [9.17, 15) is 0 Å². The van der Waals surface area contributed by atoms with Crippen molar-refractivity contribution in [3.8, 4) is 11.1 Å². The van der Waals surface area contributed by atoms with Crippen LogP contribution in [0, 0.1) is 20.8 Å². The van der Waals surface area contributed by atoms with Gasteiger partial charge in [0.2, 0.25) is 0 Å². The molecule has 9 heteroatoms. The average molecular weight is 505 g/mol. The van der Waals surface area contributed by atoms with Crippen LogP contribution in [-0.2, 0) is 17.9 Å². The van der Waals surface area contributed by atoms with Crippen LogP contribution in [0.3, 0.4) is 0 Å². The van der Waals surface area contributed by atoms with Crippen molar-refractivity contribution in [3.05, 3.63) is 76.8 Å². The number of aryl methyl sites for hydroxylation is 2. The Labute approximate surface area is 216 Å². The van der Waals surface area contributed by atoms with Gasteiger partial charge in [-0.3, -0.25) is 0 Å². The van der Waals surface area contributed by atoms with Crippen molar-refractivity contribution in [1.29, 1.82) is 0 Å². The molecular formula is C27H32N6O2S. The fourth-order valence-corrected chi connectivity index (χ4v) is 4.56. The Morgan fingerprint density at radius 1 is 0.972 bits per heavy atom. The van der Waals surface area contributed by atoms with Gasteiger partial charge in [0.05, 0.1) is 6.61 Å². The molecule has 4 aromatic rings. The molecule has 0 aliphatic carbocycles. The van der Waals surface area contributed by atoms with E-state index in [2.05, 4.69) is 66.9 Å². The number of anilines is 3. The Bertz CT molecular complexity index is 1320. The molecule has 36 heavy (non-hydrogen) atoms. The molecular weight excluding hydrogens is 472 g/mol.